The molecule has 2 aliphatic heterocycles. The minimum Gasteiger partial charge on any atom is -0.348 e. The third-order valence-electron chi connectivity index (χ3n) is 3.72. The number of nitrogens with zero attached hydrogens (tertiary/aromatic N) is 1. The first-order chi connectivity index (χ1) is 9.65. The van der Waals surface area contributed by atoms with Gasteiger partial charge in [-0.2, -0.15) is 0 Å². The zero-order valence-corrected chi connectivity index (χ0v) is 11.6. The summed E-state index contributed by atoms with van der Waals surface area (Å²) < 4.78 is 0. The van der Waals surface area contributed by atoms with Gasteiger partial charge in [-0.1, -0.05) is 6.07 Å². The lowest BCUT2D eigenvalue weighted by Gasteiger charge is -2.41. The number of hydrogen-bond acceptors (Lipinski definition) is 4. The first-order valence-corrected chi connectivity index (χ1v) is 7.44. The largest absolute Gasteiger partial charge is 0.348 e. The summed E-state index contributed by atoms with van der Waals surface area (Å²) in [5.74, 6) is -0.279. The van der Waals surface area contributed by atoms with Crippen LogP contribution >= 0.6 is 11.3 Å². The van der Waals surface area contributed by atoms with E-state index in [1.165, 1.54) is 11.3 Å². The van der Waals surface area contributed by atoms with Crippen LogP contribution in [0.2, 0.25) is 0 Å². The molecule has 2 fully saturated rings. The van der Waals surface area contributed by atoms with E-state index in [0.717, 1.165) is 0 Å². The summed E-state index contributed by atoms with van der Waals surface area (Å²) in [7, 11) is 0. The van der Waals surface area contributed by atoms with Crippen LogP contribution in [0.5, 0.6) is 0 Å². The highest BCUT2D eigenvalue weighted by atomic mass is 32.1. The van der Waals surface area contributed by atoms with Crippen LogP contribution in [0, 0.1) is 0 Å². The summed E-state index contributed by atoms with van der Waals surface area (Å²) in [5.41, 5.74) is 0. The number of amides is 3. The summed E-state index contributed by atoms with van der Waals surface area (Å²) in [6.07, 6.45) is 1.17. The lowest BCUT2D eigenvalue weighted by molar-refractivity contribution is -0.147. The number of fused-ring (bicyclic) bond motifs is 1. The molecule has 6 nitrogen and oxygen atoms in total. The standard InChI is InChI=1S/C13H15N3O3S/c17-11-7-14-12(18)9-6-8(3-4-16(9)11)15-13(19)10-2-1-5-20-10/h1-2,5,8-9H,3-4,6-7H2,(H,14,18)(H,15,19)/t8-,9-/m0/s1. The van der Waals surface area contributed by atoms with Crippen molar-refractivity contribution in [2.45, 2.75) is 24.9 Å². The van der Waals surface area contributed by atoms with Gasteiger partial charge in [-0.15, -0.1) is 11.3 Å². The van der Waals surface area contributed by atoms with Crippen molar-refractivity contribution in [3.8, 4) is 0 Å². The third kappa shape index (κ3) is 2.40. The molecule has 3 heterocycles. The van der Waals surface area contributed by atoms with Gasteiger partial charge in [-0.25, -0.2) is 0 Å². The van der Waals surface area contributed by atoms with Crippen molar-refractivity contribution in [3.05, 3.63) is 22.4 Å². The Labute approximate surface area is 120 Å². The topological polar surface area (TPSA) is 78.5 Å². The molecule has 1 aromatic rings. The van der Waals surface area contributed by atoms with Gasteiger partial charge in [0, 0.05) is 12.6 Å². The van der Waals surface area contributed by atoms with Crippen LogP contribution in [0.15, 0.2) is 17.5 Å². The van der Waals surface area contributed by atoms with Gasteiger partial charge in [0.2, 0.25) is 11.8 Å². The first kappa shape index (κ1) is 13.1. The van der Waals surface area contributed by atoms with E-state index < -0.39 is 6.04 Å². The molecule has 0 saturated carbocycles. The van der Waals surface area contributed by atoms with E-state index in [1.807, 2.05) is 11.4 Å². The molecule has 106 valence electrons. The average Bonchev–Trinajstić information content (AvgIpc) is 2.97. The van der Waals surface area contributed by atoms with Crippen molar-refractivity contribution in [1.82, 2.24) is 15.5 Å². The Hall–Kier alpha value is -1.89. The molecule has 2 atom stereocenters. The van der Waals surface area contributed by atoms with Gasteiger partial charge in [-0.05, 0) is 24.3 Å². The molecule has 7 heteroatoms. The lowest BCUT2D eigenvalue weighted by atomic mass is 9.94. The van der Waals surface area contributed by atoms with Crippen LogP contribution in [0.25, 0.3) is 0 Å². The Morgan fingerprint density at radius 3 is 3.05 bits per heavy atom. The molecule has 3 amide bonds. The molecule has 0 radical (unpaired) electrons. The predicted molar refractivity (Wildman–Crippen MR) is 73.3 cm³/mol. The van der Waals surface area contributed by atoms with Gasteiger partial charge < -0.3 is 15.5 Å². The number of piperidine rings is 1. The second kappa shape index (κ2) is 5.24. The predicted octanol–water partition coefficient (Wildman–Crippen LogP) is -0.0327. The van der Waals surface area contributed by atoms with E-state index in [9.17, 15) is 14.4 Å². The highest BCUT2D eigenvalue weighted by Crippen LogP contribution is 2.21. The fraction of sp³-hybridized carbons (Fsp3) is 0.462. The zero-order chi connectivity index (χ0) is 14.1. The number of piperazine rings is 1. The van der Waals surface area contributed by atoms with E-state index >= 15 is 0 Å². The Kier molecular flexibility index (Phi) is 3.43. The van der Waals surface area contributed by atoms with E-state index in [2.05, 4.69) is 10.6 Å². The summed E-state index contributed by atoms with van der Waals surface area (Å²) in [5, 5.41) is 7.39. The van der Waals surface area contributed by atoms with Crippen molar-refractivity contribution < 1.29 is 14.4 Å². The third-order valence-corrected chi connectivity index (χ3v) is 4.59. The Morgan fingerprint density at radius 2 is 2.30 bits per heavy atom. The molecule has 2 saturated heterocycles. The minimum absolute atomic E-state index is 0.0439. The molecule has 2 aliphatic rings. The number of rotatable bonds is 2. The van der Waals surface area contributed by atoms with Gasteiger partial charge >= 0.3 is 0 Å². The SMILES string of the molecule is O=C(N[C@H]1CCN2C(=O)CNC(=O)[C@@H]2C1)c1cccs1. The Morgan fingerprint density at radius 1 is 1.45 bits per heavy atom. The fourth-order valence-electron chi connectivity index (χ4n) is 2.69. The van der Waals surface area contributed by atoms with Gasteiger partial charge in [0.05, 0.1) is 11.4 Å². The fourth-order valence-corrected chi connectivity index (χ4v) is 3.32. The number of thiophene rings is 1. The van der Waals surface area contributed by atoms with Gasteiger partial charge in [0.25, 0.3) is 5.91 Å². The van der Waals surface area contributed by atoms with Gasteiger partial charge in [-0.3, -0.25) is 14.4 Å². The highest BCUT2D eigenvalue weighted by Gasteiger charge is 2.39. The average molecular weight is 293 g/mol. The zero-order valence-electron chi connectivity index (χ0n) is 10.8. The molecular weight excluding hydrogens is 278 g/mol. The van der Waals surface area contributed by atoms with Gasteiger partial charge in [0.1, 0.15) is 6.04 Å². The van der Waals surface area contributed by atoms with Crippen LogP contribution in [0.3, 0.4) is 0 Å². The Bertz CT molecular complexity index is 543. The van der Waals surface area contributed by atoms with Crippen LogP contribution in [-0.2, 0) is 9.59 Å². The number of carbonyl (C=O) groups excluding carboxylic acids is 3. The maximum Gasteiger partial charge on any atom is 0.261 e. The van der Waals surface area contributed by atoms with E-state index in [-0.39, 0.29) is 30.3 Å². The maximum absolute atomic E-state index is 12.0. The normalized spacial score (nSPS) is 25.9. The van der Waals surface area contributed by atoms with E-state index in [1.54, 1.807) is 11.0 Å². The molecule has 2 N–H and O–H groups in total. The highest BCUT2D eigenvalue weighted by molar-refractivity contribution is 7.12. The van der Waals surface area contributed by atoms with Crippen LogP contribution in [0.1, 0.15) is 22.5 Å². The van der Waals surface area contributed by atoms with Crippen LogP contribution in [0.4, 0.5) is 0 Å². The smallest absolute Gasteiger partial charge is 0.261 e. The van der Waals surface area contributed by atoms with Crippen molar-refractivity contribution in [1.29, 1.82) is 0 Å². The number of carbonyl (C=O) groups is 3. The number of hydrogen-bond donors (Lipinski definition) is 2. The second-order valence-electron chi connectivity index (χ2n) is 4.99. The second-order valence-corrected chi connectivity index (χ2v) is 5.94. The van der Waals surface area contributed by atoms with Crippen LogP contribution < -0.4 is 10.6 Å². The quantitative estimate of drug-likeness (QED) is 0.803. The van der Waals surface area contributed by atoms with Crippen molar-refractivity contribution in [3.63, 3.8) is 0 Å². The molecule has 1 aromatic heterocycles. The summed E-state index contributed by atoms with van der Waals surface area (Å²) in [6.45, 7) is 0.605. The van der Waals surface area contributed by atoms with E-state index in [0.29, 0.717) is 24.3 Å². The monoisotopic (exact) mass is 293 g/mol. The summed E-state index contributed by atoms with van der Waals surface area (Å²) in [4.78, 5) is 37.8. The maximum atomic E-state index is 12.0. The molecule has 0 unspecified atom stereocenters. The minimum atomic E-state index is -0.446. The van der Waals surface area contributed by atoms with Crippen molar-refractivity contribution >= 4 is 29.1 Å². The molecule has 0 aliphatic carbocycles. The molecule has 0 spiro atoms. The van der Waals surface area contributed by atoms with Gasteiger partial charge in [0.15, 0.2) is 0 Å². The van der Waals surface area contributed by atoms with Crippen LogP contribution in [-0.4, -0.2) is 47.8 Å². The summed E-state index contributed by atoms with van der Waals surface area (Å²) in [6, 6.07) is 3.09. The summed E-state index contributed by atoms with van der Waals surface area (Å²) >= 11 is 1.39. The first-order valence-electron chi connectivity index (χ1n) is 6.56. The molecular formula is C13H15N3O3S. The lowest BCUT2D eigenvalue weighted by Crippen LogP contribution is -2.63. The molecule has 0 aromatic carbocycles. The Balaban J connectivity index is 1.64. The van der Waals surface area contributed by atoms with Crippen molar-refractivity contribution in [2.24, 2.45) is 0 Å². The van der Waals surface area contributed by atoms with Crippen molar-refractivity contribution in [2.75, 3.05) is 13.1 Å². The van der Waals surface area contributed by atoms with E-state index in [4.69, 9.17) is 0 Å². The molecule has 20 heavy (non-hydrogen) atoms. The molecule has 0 bridgehead atoms. The molecule has 3 rings (SSSR count). The number of nitrogens with one attached hydrogen (secondary N) is 2.